The minimum atomic E-state index is -2.43. The summed E-state index contributed by atoms with van der Waals surface area (Å²) in [6, 6.07) is 9.51. The number of benzene rings is 1. The van der Waals surface area contributed by atoms with Crippen LogP contribution in [0, 0.1) is 5.82 Å². The maximum Gasteiger partial charge on any atom is 0.296 e. The van der Waals surface area contributed by atoms with E-state index in [9.17, 15) is 13.7 Å². The third kappa shape index (κ3) is 5.10. The van der Waals surface area contributed by atoms with Crippen molar-refractivity contribution < 1.29 is 32.7 Å². The van der Waals surface area contributed by atoms with Crippen LogP contribution in [0.3, 0.4) is 0 Å². The second-order valence-electron chi connectivity index (χ2n) is 9.74. The standard InChI is InChI=1S/C26H25ClFN5O6S/c1-36-25-14(6-7-17(29-25)13-5-4-12(8-16(13)28)33-40(2,3)35)21-15(27)9-18-24(31-21)32-26(30-18)39-20-11-38-22-19(34)10-37-23(20)22/h4-9,19-20,22-23,34H,10-11H2,1-3H3,(H,30,31,32)/t19-,20-,22-,23-/m1/s1. The van der Waals surface area contributed by atoms with Gasteiger partial charge in [0.05, 0.1) is 53.5 Å². The Labute approximate surface area is 233 Å². The number of rotatable bonds is 6. The van der Waals surface area contributed by atoms with Gasteiger partial charge in [-0.2, -0.15) is 9.35 Å². The van der Waals surface area contributed by atoms with Crippen LogP contribution in [0.2, 0.25) is 5.02 Å². The molecule has 4 aromatic rings. The quantitative estimate of drug-likeness (QED) is 0.344. The molecule has 2 N–H and O–H groups in total. The van der Waals surface area contributed by atoms with Crippen molar-refractivity contribution in [2.24, 2.45) is 4.36 Å². The summed E-state index contributed by atoms with van der Waals surface area (Å²) in [5, 5.41) is 10.3. The highest BCUT2D eigenvalue weighted by molar-refractivity contribution is 7.92. The lowest BCUT2D eigenvalue weighted by molar-refractivity contribution is 0.00706. The number of fused-ring (bicyclic) bond motifs is 2. The van der Waals surface area contributed by atoms with E-state index in [-0.39, 0.29) is 42.5 Å². The van der Waals surface area contributed by atoms with E-state index in [2.05, 4.69) is 24.3 Å². The van der Waals surface area contributed by atoms with Gasteiger partial charge < -0.3 is 29.0 Å². The summed E-state index contributed by atoms with van der Waals surface area (Å²) in [7, 11) is -0.987. The van der Waals surface area contributed by atoms with Gasteiger partial charge in [-0.25, -0.2) is 18.6 Å². The van der Waals surface area contributed by atoms with E-state index in [1.54, 1.807) is 24.3 Å². The van der Waals surface area contributed by atoms with Crippen LogP contribution in [-0.4, -0.2) is 86.5 Å². The van der Waals surface area contributed by atoms with Gasteiger partial charge in [-0.3, -0.25) is 0 Å². The Bertz CT molecular complexity index is 1730. The fourth-order valence-corrected chi connectivity index (χ4v) is 5.65. The number of hydrogen-bond acceptors (Lipinski definition) is 10. The molecule has 1 aromatic carbocycles. The number of imidazole rings is 1. The van der Waals surface area contributed by atoms with Crippen molar-refractivity contribution in [3.05, 3.63) is 47.2 Å². The van der Waals surface area contributed by atoms with Crippen LogP contribution in [0.25, 0.3) is 33.7 Å². The topological polar surface area (TPSA) is 141 Å². The van der Waals surface area contributed by atoms with Gasteiger partial charge in [0.15, 0.2) is 11.8 Å². The fourth-order valence-electron chi connectivity index (χ4n) is 4.78. The van der Waals surface area contributed by atoms with Crippen LogP contribution in [0.1, 0.15) is 0 Å². The first-order chi connectivity index (χ1) is 19.1. The van der Waals surface area contributed by atoms with Gasteiger partial charge in [0.25, 0.3) is 6.01 Å². The van der Waals surface area contributed by atoms with Crippen LogP contribution in [0.5, 0.6) is 11.9 Å². The molecule has 5 heterocycles. The molecule has 2 aliphatic rings. The number of nitrogens with one attached hydrogen (secondary N) is 1. The zero-order chi connectivity index (χ0) is 28.2. The summed E-state index contributed by atoms with van der Waals surface area (Å²) in [4.78, 5) is 16.6. The van der Waals surface area contributed by atoms with Crippen LogP contribution >= 0.6 is 11.6 Å². The number of methoxy groups -OCH3 is 1. The Morgan fingerprint density at radius 3 is 2.62 bits per heavy atom. The molecule has 0 bridgehead atoms. The molecule has 4 atom stereocenters. The first-order valence-corrected chi connectivity index (χ1v) is 15.0. The van der Waals surface area contributed by atoms with Crippen molar-refractivity contribution in [3.8, 4) is 34.4 Å². The molecule has 14 heteroatoms. The van der Waals surface area contributed by atoms with Gasteiger partial charge in [0.1, 0.15) is 24.1 Å². The molecule has 6 rings (SSSR count). The SMILES string of the molecule is COc1nc(-c2ccc(N=S(C)(C)=O)cc2F)ccc1-c1nc2nc(O[C@@H]3CO[C@H]4[C@@H]3OC[C@H]4O)[nH]c2cc1Cl. The number of pyridine rings is 2. The lowest BCUT2D eigenvalue weighted by Gasteiger charge is -2.15. The first kappa shape index (κ1) is 26.8. The molecule has 0 saturated carbocycles. The van der Waals surface area contributed by atoms with Crippen LogP contribution < -0.4 is 9.47 Å². The molecule has 40 heavy (non-hydrogen) atoms. The molecule has 0 spiro atoms. The molecule has 11 nitrogen and oxygen atoms in total. The first-order valence-electron chi connectivity index (χ1n) is 12.3. The number of ether oxygens (including phenoxy) is 4. The monoisotopic (exact) mass is 589 g/mol. The highest BCUT2D eigenvalue weighted by Crippen LogP contribution is 2.37. The number of aliphatic hydroxyl groups is 1. The molecule has 2 fully saturated rings. The molecule has 2 saturated heterocycles. The molecule has 3 aromatic heterocycles. The highest BCUT2D eigenvalue weighted by Gasteiger charge is 2.48. The van der Waals surface area contributed by atoms with E-state index < -0.39 is 33.9 Å². The average Bonchev–Trinajstić information content (AvgIpc) is 3.59. The zero-order valence-electron chi connectivity index (χ0n) is 21.6. The minimum Gasteiger partial charge on any atom is -0.480 e. The van der Waals surface area contributed by atoms with Crippen LogP contribution in [0.4, 0.5) is 10.1 Å². The van der Waals surface area contributed by atoms with E-state index >= 15 is 0 Å². The Balaban J connectivity index is 1.30. The molecular weight excluding hydrogens is 565 g/mol. The smallest absolute Gasteiger partial charge is 0.296 e. The third-order valence-corrected chi connectivity index (χ3v) is 7.45. The predicted molar refractivity (Wildman–Crippen MR) is 146 cm³/mol. The summed E-state index contributed by atoms with van der Waals surface area (Å²) in [5.41, 5.74) is 2.56. The summed E-state index contributed by atoms with van der Waals surface area (Å²) in [6.07, 6.45) is 1.02. The van der Waals surface area contributed by atoms with E-state index in [1.165, 1.54) is 31.8 Å². The maximum atomic E-state index is 14.9. The minimum absolute atomic E-state index is 0.183. The number of hydrogen-bond donors (Lipinski definition) is 2. The molecule has 2 aliphatic heterocycles. The van der Waals surface area contributed by atoms with Crippen molar-refractivity contribution in [1.29, 1.82) is 0 Å². The summed E-state index contributed by atoms with van der Waals surface area (Å²) in [6.45, 7) is 0.451. The lowest BCUT2D eigenvalue weighted by atomic mass is 10.1. The van der Waals surface area contributed by atoms with E-state index in [0.717, 1.165) is 0 Å². The maximum absolute atomic E-state index is 14.9. The van der Waals surface area contributed by atoms with Gasteiger partial charge in [-0.05, 0) is 30.3 Å². The average molecular weight is 590 g/mol. The number of nitrogens with zero attached hydrogens (tertiary/aromatic N) is 4. The number of aromatic amines is 1. The van der Waals surface area contributed by atoms with Crippen molar-refractivity contribution in [2.75, 3.05) is 32.8 Å². The lowest BCUT2D eigenvalue weighted by Crippen LogP contribution is -2.34. The summed E-state index contributed by atoms with van der Waals surface area (Å²) in [5.74, 6) is -0.382. The van der Waals surface area contributed by atoms with Crippen molar-refractivity contribution in [1.82, 2.24) is 19.9 Å². The number of H-pyrrole nitrogens is 1. The Morgan fingerprint density at radius 1 is 1.10 bits per heavy atom. The zero-order valence-corrected chi connectivity index (χ0v) is 23.2. The predicted octanol–water partition coefficient (Wildman–Crippen LogP) is 3.75. The summed E-state index contributed by atoms with van der Waals surface area (Å²) < 4.78 is 53.6. The number of halogens is 2. The molecule has 0 amide bonds. The van der Waals surface area contributed by atoms with E-state index in [4.69, 9.17) is 30.5 Å². The molecule has 210 valence electrons. The Morgan fingerprint density at radius 2 is 1.88 bits per heavy atom. The second-order valence-corrected chi connectivity index (χ2v) is 12.7. The summed E-state index contributed by atoms with van der Waals surface area (Å²) >= 11 is 6.59. The van der Waals surface area contributed by atoms with Crippen molar-refractivity contribution >= 4 is 38.2 Å². The van der Waals surface area contributed by atoms with Crippen LogP contribution in [-0.2, 0) is 19.2 Å². The van der Waals surface area contributed by atoms with E-state index in [1.807, 2.05) is 0 Å². The van der Waals surface area contributed by atoms with Crippen molar-refractivity contribution in [2.45, 2.75) is 24.4 Å². The molecule has 0 unspecified atom stereocenters. The number of aliphatic hydroxyl groups excluding tert-OH is 1. The van der Waals surface area contributed by atoms with Gasteiger partial charge in [0.2, 0.25) is 5.88 Å². The largest absolute Gasteiger partial charge is 0.480 e. The fraction of sp³-hybridized carbons (Fsp3) is 0.346. The Hall–Kier alpha value is -3.36. The van der Waals surface area contributed by atoms with E-state index in [0.29, 0.717) is 33.1 Å². The normalized spacial score (nSPS) is 22.4. The highest BCUT2D eigenvalue weighted by atomic mass is 35.5. The molecule has 0 aliphatic carbocycles. The van der Waals surface area contributed by atoms with Gasteiger partial charge in [-0.1, -0.05) is 11.6 Å². The van der Waals surface area contributed by atoms with Crippen LogP contribution in [0.15, 0.2) is 40.8 Å². The Kier molecular flexibility index (Phi) is 6.87. The second kappa shape index (κ2) is 10.2. The third-order valence-electron chi connectivity index (χ3n) is 6.51. The van der Waals surface area contributed by atoms with Crippen molar-refractivity contribution in [3.63, 3.8) is 0 Å². The molecular formula is C26H25ClFN5O6S. The van der Waals surface area contributed by atoms with Gasteiger partial charge >= 0.3 is 0 Å². The number of aromatic nitrogens is 4. The van der Waals surface area contributed by atoms with Gasteiger partial charge in [0, 0.05) is 33.9 Å². The van der Waals surface area contributed by atoms with Gasteiger partial charge in [-0.15, -0.1) is 0 Å². The molecule has 0 radical (unpaired) electrons.